The molecule has 3 rings (SSSR count). The number of hydrogen-bond donors (Lipinski definition) is 4. The molecule has 9 heteroatoms. The third-order valence-corrected chi connectivity index (χ3v) is 5.92. The monoisotopic (exact) mass is 473 g/mol. The van der Waals surface area contributed by atoms with E-state index in [-0.39, 0.29) is 31.0 Å². The van der Waals surface area contributed by atoms with Crippen LogP contribution >= 0.6 is 11.6 Å². The Morgan fingerprint density at radius 2 is 1.73 bits per heavy atom. The molecule has 2 aromatic rings. The standard InChI is InChI=1S/C24H28ClN3O5/c1-15-14-18(33-17-8-6-16(7-9-17)23(30)31)10-11-19(15)22(29)26-12-13-27-24(32)28-21-5-3-2-4-20(21)25/h2-5,10-11,14,16-17H,6-9,12-13H2,1H3,(H,26,29)(H,30,31)(H2,27,28,32)/t16-,17+. The van der Waals surface area contributed by atoms with Crippen LogP contribution in [0.25, 0.3) is 0 Å². The Morgan fingerprint density at radius 1 is 1.03 bits per heavy atom. The summed E-state index contributed by atoms with van der Waals surface area (Å²) in [5.74, 6) is -0.597. The molecule has 1 fully saturated rings. The Morgan fingerprint density at radius 3 is 2.39 bits per heavy atom. The summed E-state index contributed by atoms with van der Waals surface area (Å²) in [5.41, 5.74) is 1.81. The highest BCUT2D eigenvalue weighted by Crippen LogP contribution is 2.28. The molecule has 0 unspecified atom stereocenters. The second-order valence-electron chi connectivity index (χ2n) is 8.02. The van der Waals surface area contributed by atoms with Crippen LogP contribution in [0.4, 0.5) is 10.5 Å². The average molecular weight is 474 g/mol. The van der Waals surface area contributed by atoms with Crippen LogP contribution in [0.5, 0.6) is 5.75 Å². The minimum atomic E-state index is -0.740. The minimum absolute atomic E-state index is 0.0114. The summed E-state index contributed by atoms with van der Waals surface area (Å²) in [6, 6.07) is 11.8. The van der Waals surface area contributed by atoms with Gasteiger partial charge in [-0.25, -0.2) is 4.79 Å². The van der Waals surface area contributed by atoms with Gasteiger partial charge in [0, 0.05) is 18.7 Å². The molecule has 0 aliphatic heterocycles. The highest BCUT2D eigenvalue weighted by atomic mass is 35.5. The van der Waals surface area contributed by atoms with Crippen LogP contribution in [0.1, 0.15) is 41.6 Å². The van der Waals surface area contributed by atoms with Crippen molar-refractivity contribution in [2.75, 3.05) is 18.4 Å². The maximum atomic E-state index is 12.5. The molecule has 1 saturated carbocycles. The first-order valence-corrected chi connectivity index (χ1v) is 11.3. The number of nitrogens with one attached hydrogen (secondary N) is 3. The van der Waals surface area contributed by atoms with E-state index in [1.807, 2.05) is 13.0 Å². The molecule has 0 spiro atoms. The van der Waals surface area contributed by atoms with Gasteiger partial charge in [0.15, 0.2) is 0 Å². The number of rotatable bonds is 8. The number of aliphatic carboxylic acids is 1. The van der Waals surface area contributed by atoms with Crippen molar-refractivity contribution in [2.24, 2.45) is 5.92 Å². The molecule has 2 aromatic carbocycles. The summed E-state index contributed by atoms with van der Waals surface area (Å²) in [6.07, 6.45) is 2.63. The molecule has 0 radical (unpaired) electrons. The molecule has 0 atom stereocenters. The van der Waals surface area contributed by atoms with Crippen molar-refractivity contribution in [3.05, 3.63) is 58.6 Å². The van der Waals surface area contributed by atoms with Crippen molar-refractivity contribution in [2.45, 2.75) is 38.7 Å². The van der Waals surface area contributed by atoms with Gasteiger partial charge >= 0.3 is 12.0 Å². The van der Waals surface area contributed by atoms with E-state index in [4.69, 9.17) is 21.4 Å². The number of carbonyl (C=O) groups is 3. The van der Waals surface area contributed by atoms with Gasteiger partial charge in [0.25, 0.3) is 5.91 Å². The van der Waals surface area contributed by atoms with Crippen molar-refractivity contribution in [3.8, 4) is 5.75 Å². The predicted octanol–water partition coefficient (Wildman–Crippen LogP) is 4.22. The lowest BCUT2D eigenvalue weighted by atomic mass is 9.87. The molecule has 8 nitrogen and oxygen atoms in total. The fraction of sp³-hybridized carbons (Fsp3) is 0.375. The first-order chi connectivity index (χ1) is 15.8. The highest BCUT2D eigenvalue weighted by Gasteiger charge is 2.27. The van der Waals surface area contributed by atoms with Gasteiger partial charge in [0.05, 0.1) is 22.7 Å². The molecular weight excluding hydrogens is 446 g/mol. The van der Waals surface area contributed by atoms with Gasteiger partial charge in [0.2, 0.25) is 0 Å². The van der Waals surface area contributed by atoms with E-state index >= 15 is 0 Å². The van der Waals surface area contributed by atoms with Crippen LogP contribution < -0.4 is 20.7 Å². The number of benzene rings is 2. The topological polar surface area (TPSA) is 117 Å². The number of carboxylic acids is 1. The number of anilines is 1. The summed E-state index contributed by atoms with van der Waals surface area (Å²) in [6.45, 7) is 2.35. The molecule has 0 saturated heterocycles. The molecule has 0 heterocycles. The number of carbonyl (C=O) groups excluding carboxylic acids is 2. The second-order valence-corrected chi connectivity index (χ2v) is 8.43. The number of urea groups is 1. The number of aryl methyl sites for hydroxylation is 1. The lowest BCUT2D eigenvalue weighted by Crippen LogP contribution is -2.37. The zero-order chi connectivity index (χ0) is 23.8. The van der Waals surface area contributed by atoms with Gasteiger partial charge in [-0.05, 0) is 68.5 Å². The Bertz CT molecular complexity index is 1010. The quantitative estimate of drug-likeness (QED) is 0.428. The fourth-order valence-electron chi connectivity index (χ4n) is 3.76. The van der Waals surface area contributed by atoms with Gasteiger partial charge in [-0.15, -0.1) is 0 Å². The van der Waals surface area contributed by atoms with E-state index in [0.717, 1.165) is 5.56 Å². The summed E-state index contributed by atoms with van der Waals surface area (Å²) in [7, 11) is 0. The Kier molecular flexibility index (Phi) is 8.54. The molecular formula is C24H28ClN3O5. The minimum Gasteiger partial charge on any atom is -0.490 e. The number of hydrogen-bond acceptors (Lipinski definition) is 4. The zero-order valence-corrected chi connectivity index (χ0v) is 19.2. The van der Waals surface area contributed by atoms with Crippen LogP contribution in [-0.4, -0.2) is 42.2 Å². The fourth-order valence-corrected chi connectivity index (χ4v) is 3.94. The second kappa shape index (κ2) is 11.6. The first-order valence-electron chi connectivity index (χ1n) is 10.9. The van der Waals surface area contributed by atoms with Crippen molar-refractivity contribution >= 4 is 35.2 Å². The number of amides is 3. The van der Waals surface area contributed by atoms with E-state index in [2.05, 4.69) is 16.0 Å². The van der Waals surface area contributed by atoms with E-state index in [1.54, 1.807) is 36.4 Å². The SMILES string of the molecule is Cc1cc(O[C@H]2CC[C@@H](C(=O)O)CC2)ccc1C(=O)NCCNC(=O)Nc1ccccc1Cl. The van der Waals surface area contributed by atoms with E-state index < -0.39 is 12.0 Å². The normalized spacial score (nSPS) is 17.6. The lowest BCUT2D eigenvalue weighted by Gasteiger charge is -2.27. The summed E-state index contributed by atoms with van der Waals surface area (Å²) in [4.78, 5) is 35.5. The molecule has 0 aromatic heterocycles. The molecule has 176 valence electrons. The number of carboxylic acid groups (broad SMARTS) is 1. The number of ether oxygens (including phenoxy) is 1. The lowest BCUT2D eigenvalue weighted by molar-refractivity contribution is -0.143. The van der Waals surface area contributed by atoms with Crippen LogP contribution in [0.15, 0.2) is 42.5 Å². The molecule has 1 aliphatic carbocycles. The van der Waals surface area contributed by atoms with Crippen molar-refractivity contribution in [1.82, 2.24) is 10.6 Å². The van der Waals surface area contributed by atoms with Crippen LogP contribution in [0.3, 0.4) is 0 Å². The molecule has 1 aliphatic rings. The number of halogens is 1. The maximum Gasteiger partial charge on any atom is 0.319 e. The maximum absolute atomic E-state index is 12.5. The van der Waals surface area contributed by atoms with Gasteiger partial charge in [-0.3, -0.25) is 9.59 Å². The van der Waals surface area contributed by atoms with Crippen molar-refractivity contribution < 1.29 is 24.2 Å². The predicted molar refractivity (Wildman–Crippen MR) is 126 cm³/mol. The van der Waals surface area contributed by atoms with E-state index in [9.17, 15) is 14.4 Å². The summed E-state index contributed by atoms with van der Waals surface area (Å²) in [5, 5.41) is 17.6. The van der Waals surface area contributed by atoms with Gasteiger partial charge in [0.1, 0.15) is 5.75 Å². The first kappa shape index (κ1) is 24.4. The van der Waals surface area contributed by atoms with Crippen LogP contribution in [0, 0.1) is 12.8 Å². The summed E-state index contributed by atoms with van der Waals surface area (Å²) < 4.78 is 5.99. The van der Waals surface area contributed by atoms with E-state index in [1.165, 1.54) is 0 Å². The Hall–Kier alpha value is -3.26. The Labute approximate surface area is 197 Å². The third-order valence-electron chi connectivity index (χ3n) is 5.59. The zero-order valence-electron chi connectivity index (χ0n) is 18.4. The Balaban J connectivity index is 1.41. The molecule has 0 bridgehead atoms. The van der Waals surface area contributed by atoms with Gasteiger partial charge in [-0.1, -0.05) is 23.7 Å². The van der Waals surface area contributed by atoms with Crippen molar-refractivity contribution in [3.63, 3.8) is 0 Å². The van der Waals surface area contributed by atoms with Crippen LogP contribution in [0.2, 0.25) is 5.02 Å². The smallest absolute Gasteiger partial charge is 0.319 e. The summed E-state index contributed by atoms with van der Waals surface area (Å²) >= 11 is 6.01. The van der Waals surface area contributed by atoms with Gasteiger partial charge < -0.3 is 25.8 Å². The van der Waals surface area contributed by atoms with E-state index in [0.29, 0.717) is 47.7 Å². The average Bonchev–Trinajstić information content (AvgIpc) is 2.78. The molecule has 33 heavy (non-hydrogen) atoms. The molecule has 3 amide bonds. The number of para-hydroxylation sites is 1. The van der Waals surface area contributed by atoms with Crippen molar-refractivity contribution in [1.29, 1.82) is 0 Å². The highest BCUT2D eigenvalue weighted by molar-refractivity contribution is 6.33. The van der Waals surface area contributed by atoms with Crippen LogP contribution in [-0.2, 0) is 4.79 Å². The largest absolute Gasteiger partial charge is 0.490 e. The molecule has 4 N–H and O–H groups in total. The van der Waals surface area contributed by atoms with Gasteiger partial charge in [-0.2, -0.15) is 0 Å². The third kappa shape index (κ3) is 7.12.